The van der Waals surface area contributed by atoms with E-state index in [2.05, 4.69) is 0 Å². The van der Waals surface area contributed by atoms with Gasteiger partial charge < -0.3 is 16.1 Å². The zero-order valence-electron chi connectivity index (χ0n) is 6.00. The molecule has 2 N–H and O–H groups in total. The molecule has 0 aliphatic carbocycles. The van der Waals surface area contributed by atoms with Crippen molar-refractivity contribution in [3.05, 3.63) is 5.21 Å². The molecular formula is C5H14N3O-. The summed E-state index contributed by atoms with van der Waals surface area (Å²) in [6, 6.07) is 0. The third-order valence-corrected chi connectivity index (χ3v) is 1.17. The van der Waals surface area contributed by atoms with Gasteiger partial charge in [0.1, 0.15) is 0 Å². The van der Waals surface area contributed by atoms with Gasteiger partial charge in [0.05, 0.1) is 0 Å². The van der Waals surface area contributed by atoms with Gasteiger partial charge in [-0.15, -0.1) is 0 Å². The number of rotatable bonds is 4. The second-order valence-electron chi connectivity index (χ2n) is 1.99. The van der Waals surface area contributed by atoms with Crippen LogP contribution in [0.3, 0.4) is 0 Å². The van der Waals surface area contributed by atoms with Crippen LogP contribution in [0.2, 0.25) is 0 Å². The Morgan fingerprint density at radius 3 is 2.33 bits per heavy atom. The maximum Gasteiger partial charge on any atom is 0.0132 e. The summed E-state index contributed by atoms with van der Waals surface area (Å²) >= 11 is 0. The highest BCUT2D eigenvalue weighted by molar-refractivity contribution is 4.47. The highest BCUT2D eigenvalue weighted by Crippen LogP contribution is 1.87. The Balaban J connectivity index is 3.16. The quantitative estimate of drug-likeness (QED) is 0.529. The predicted molar refractivity (Wildman–Crippen MR) is 37.4 cm³/mol. The number of hydrogen-bond donors (Lipinski definition) is 1. The number of nitrogens with zero attached hydrogens (tertiary/aromatic N) is 2. The van der Waals surface area contributed by atoms with Crippen LogP contribution in [0.25, 0.3) is 0 Å². The Morgan fingerprint density at radius 2 is 2.00 bits per heavy atom. The Bertz CT molecular complexity index is 67.2. The lowest BCUT2D eigenvalue weighted by Crippen LogP contribution is -2.33. The van der Waals surface area contributed by atoms with Crippen LogP contribution in [0, 0.1) is 5.21 Å². The normalized spacial score (nSPS) is 11.3. The minimum absolute atomic E-state index is 0.637. The Labute approximate surface area is 55.8 Å². The SMILES string of the molecule is CN([O-])N(C)CCCN. The zero-order valence-corrected chi connectivity index (χ0v) is 6.00. The van der Waals surface area contributed by atoms with Crippen molar-refractivity contribution < 1.29 is 0 Å². The molecule has 0 saturated carbocycles. The zero-order chi connectivity index (χ0) is 7.28. The van der Waals surface area contributed by atoms with Gasteiger partial charge in [0.25, 0.3) is 0 Å². The Kier molecular flexibility index (Phi) is 4.61. The van der Waals surface area contributed by atoms with Crippen molar-refractivity contribution in [2.24, 2.45) is 5.73 Å². The minimum atomic E-state index is 0.637. The number of hydroxylamine groups is 1. The highest BCUT2D eigenvalue weighted by Gasteiger charge is 1.92. The molecule has 0 aromatic rings. The van der Waals surface area contributed by atoms with Crippen molar-refractivity contribution in [2.75, 3.05) is 27.2 Å². The molecule has 0 saturated heterocycles. The van der Waals surface area contributed by atoms with Crippen molar-refractivity contribution in [1.29, 1.82) is 0 Å². The van der Waals surface area contributed by atoms with Gasteiger partial charge in [0.15, 0.2) is 0 Å². The van der Waals surface area contributed by atoms with E-state index in [-0.39, 0.29) is 0 Å². The van der Waals surface area contributed by atoms with Gasteiger partial charge in [-0.25, -0.2) is 0 Å². The first-order valence-corrected chi connectivity index (χ1v) is 3.00. The van der Waals surface area contributed by atoms with Crippen LogP contribution < -0.4 is 5.73 Å². The van der Waals surface area contributed by atoms with Crippen LogP contribution in [0.15, 0.2) is 0 Å². The van der Waals surface area contributed by atoms with E-state index < -0.39 is 0 Å². The third kappa shape index (κ3) is 4.35. The maximum atomic E-state index is 10.5. The van der Waals surface area contributed by atoms with Crippen molar-refractivity contribution >= 4 is 0 Å². The molecule has 4 heteroatoms. The van der Waals surface area contributed by atoms with E-state index in [1.54, 1.807) is 12.1 Å². The van der Waals surface area contributed by atoms with Gasteiger partial charge in [-0.2, -0.15) is 0 Å². The molecule has 0 aliphatic heterocycles. The molecule has 0 aliphatic rings. The van der Waals surface area contributed by atoms with E-state index >= 15 is 0 Å². The monoisotopic (exact) mass is 132 g/mol. The third-order valence-electron chi connectivity index (χ3n) is 1.17. The molecule has 0 rings (SSSR count). The van der Waals surface area contributed by atoms with E-state index in [0.717, 1.165) is 18.1 Å². The highest BCUT2D eigenvalue weighted by atomic mass is 16.5. The molecule has 0 fully saturated rings. The first kappa shape index (κ1) is 8.84. The fourth-order valence-corrected chi connectivity index (χ4v) is 0.461. The van der Waals surface area contributed by atoms with Crippen LogP contribution >= 0.6 is 0 Å². The van der Waals surface area contributed by atoms with E-state index in [4.69, 9.17) is 5.73 Å². The second kappa shape index (κ2) is 4.69. The standard InChI is InChI=1S/C5H14N3O/c1-7(8(2)9)5-3-4-6/h3-6H2,1-2H3/q-1. The van der Waals surface area contributed by atoms with Crippen LogP contribution in [-0.4, -0.2) is 37.4 Å². The summed E-state index contributed by atoms with van der Waals surface area (Å²) in [4.78, 5) is 0. The van der Waals surface area contributed by atoms with E-state index in [9.17, 15) is 5.21 Å². The van der Waals surface area contributed by atoms with Gasteiger partial charge in [0.2, 0.25) is 0 Å². The average Bonchev–Trinajstić information content (AvgIpc) is 1.82. The van der Waals surface area contributed by atoms with Crippen LogP contribution in [-0.2, 0) is 0 Å². The van der Waals surface area contributed by atoms with Gasteiger partial charge >= 0.3 is 0 Å². The minimum Gasteiger partial charge on any atom is -0.772 e. The summed E-state index contributed by atoms with van der Waals surface area (Å²) in [5, 5.41) is 12.8. The molecule has 0 bridgehead atoms. The molecule has 56 valence electrons. The van der Waals surface area contributed by atoms with Gasteiger partial charge in [-0.1, -0.05) is 0 Å². The Morgan fingerprint density at radius 1 is 1.44 bits per heavy atom. The van der Waals surface area contributed by atoms with Gasteiger partial charge in [-0.05, 0) is 20.0 Å². The molecule has 0 heterocycles. The van der Waals surface area contributed by atoms with Crippen molar-refractivity contribution in [3.8, 4) is 0 Å². The number of nitrogens with two attached hydrogens (primary N) is 1. The summed E-state index contributed by atoms with van der Waals surface area (Å²) in [5.41, 5.74) is 5.23. The summed E-state index contributed by atoms with van der Waals surface area (Å²) in [6.07, 6.45) is 0.864. The van der Waals surface area contributed by atoms with Crippen LogP contribution in [0.5, 0.6) is 0 Å². The molecule has 0 unspecified atom stereocenters. The number of hydrogen-bond acceptors (Lipinski definition) is 4. The molecule has 0 radical (unpaired) electrons. The van der Waals surface area contributed by atoms with Crippen LogP contribution in [0.1, 0.15) is 6.42 Å². The largest absolute Gasteiger partial charge is 0.772 e. The fourth-order valence-electron chi connectivity index (χ4n) is 0.461. The average molecular weight is 132 g/mol. The fraction of sp³-hybridized carbons (Fsp3) is 1.00. The lowest BCUT2D eigenvalue weighted by molar-refractivity contribution is 0.0801. The second-order valence-corrected chi connectivity index (χ2v) is 1.99. The smallest absolute Gasteiger partial charge is 0.0132 e. The molecule has 0 aromatic carbocycles. The van der Waals surface area contributed by atoms with E-state index in [1.807, 2.05) is 0 Å². The molecule has 0 amide bonds. The van der Waals surface area contributed by atoms with Gasteiger partial charge in [0, 0.05) is 13.6 Å². The molecule has 0 spiro atoms. The van der Waals surface area contributed by atoms with E-state index in [1.165, 1.54) is 7.05 Å². The predicted octanol–water partition coefficient (Wildman–Crippen LogP) is -0.388. The molecule has 0 atom stereocenters. The molecule has 9 heavy (non-hydrogen) atoms. The Hall–Kier alpha value is -0.160. The van der Waals surface area contributed by atoms with Crippen molar-refractivity contribution in [2.45, 2.75) is 6.42 Å². The summed E-state index contributed by atoms with van der Waals surface area (Å²) in [7, 11) is 3.21. The summed E-state index contributed by atoms with van der Waals surface area (Å²) in [5.74, 6) is 0. The lowest BCUT2D eigenvalue weighted by atomic mass is 10.4. The molecular weight excluding hydrogens is 118 g/mol. The van der Waals surface area contributed by atoms with Crippen LogP contribution in [0.4, 0.5) is 0 Å². The summed E-state index contributed by atoms with van der Waals surface area (Å²) < 4.78 is 0. The van der Waals surface area contributed by atoms with Crippen molar-refractivity contribution in [1.82, 2.24) is 10.2 Å². The van der Waals surface area contributed by atoms with E-state index in [0.29, 0.717) is 6.54 Å². The molecule has 4 nitrogen and oxygen atoms in total. The topological polar surface area (TPSA) is 55.6 Å². The first-order valence-electron chi connectivity index (χ1n) is 3.00. The van der Waals surface area contributed by atoms with Gasteiger partial charge in [-0.3, -0.25) is 5.01 Å². The first-order chi connectivity index (χ1) is 4.18. The lowest BCUT2D eigenvalue weighted by Gasteiger charge is -2.33. The number of hydrazine groups is 1. The van der Waals surface area contributed by atoms with Crippen molar-refractivity contribution in [3.63, 3.8) is 0 Å². The molecule has 0 aromatic heterocycles. The maximum absolute atomic E-state index is 10.5. The summed E-state index contributed by atoms with van der Waals surface area (Å²) in [6.45, 7) is 1.37.